The summed E-state index contributed by atoms with van der Waals surface area (Å²) in [6.45, 7) is 0. The Morgan fingerprint density at radius 3 is 1.49 bits per heavy atom. The average molecular weight is 532 g/mol. The second kappa shape index (κ2) is 8.87. The summed E-state index contributed by atoms with van der Waals surface area (Å²) in [5, 5.41) is 2.68. The number of alkyl halides is 3. The number of halogens is 3. The highest BCUT2D eigenvalue weighted by Crippen LogP contribution is 2.48. The van der Waals surface area contributed by atoms with Gasteiger partial charge in [0, 0.05) is 47.2 Å². The molecule has 0 spiro atoms. The van der Waals surface area contributed by atoms with Crippen LogP contribution in [0.1, 0.15) is 0 Å². The number of rotatable bonds is 1. The van der Waals surface area contributed by atoms with E-state index in [1.165, 1.54) is 41.1 Å². The van der Waals surface area contributed by atoms with Crippen molar-refractivity contribution in [2.45, 2.75) is 15.3 Å². The molecule has 6 rings (SSSR count). The molecule has 0 aliphatic carbocycles. The lowest BCUT2D eigenvalue weighted by molar-refractivity contribution is -0.0517. The molecular weight excluding hydrogens is 515 g/mol. The first-order valence-corrected chi connectivity index (χ1v) is 14.0. The Hall–Kier alpha value is -3.05. The van der Waals surface area contributed by atoms with Gasteiger partial charge in [0.1, 0.15) is 10.7 Å². The van der Waals surface area contributed by atoms with Crippen LogP contribution in [0.4, 0.5) is 13.2 Å². The lowest BCUT2D eigenvalue weighted by Crippen LogP contribution is -2.21. The van der Waals surface area contributed by atoms with Gasteiger partial charge in [-0.25, -0.2) is 8.42 Å². The average Bonchev–Trinajstić information content (AvgIpc) is 3.32. The topological polar surface area (TPSA) is 69.6 Å². The van der Waals surface area contributed by atoms with Crippen LogP contribution in [0.5, 0.6) is 0 Å². The number of fused-ring (bicyclic) bond motifs is 6. The molecule has 35 heavy (non-hydrogen) atoms. The molecule has 4 aromatic carbocycles. The predicted molar refractivity (Wildman–Crippen MR) is 133 cm³/mol. The van der Waals surface area contributed by atoms with Gasteiger partial charge >= 0.3 is 5.51 Å². The first-order valence-electron chi connectivity index (χ1n) is 10.3. The van der Waals surface area contributed by atoms with E-state index in [1.54, 1.807) is 0 Å². The molecular formula is C25H16F3NO3S3. The zero-order valence-electron chi connectivity index (χ0n) is 17.8. The second-order valence-electron chi connectivity index (χ2n) is 7.53. The molecule has 5 aromatic rings. The second-order valence-corrected chi connectivity index (χ2v) is 12.4. The number of benzene rings is 4. The van der Waals surface area contributed by atoms with Crippen LogP contribution < -0.4 is 0 Å². The molecule has 1 aliphatic heterocycles. The SMILES string of the molecule is O=S(=O)([O-])C(F)(F)F.c1ccc2c(c1)-c1ccccc1S2=N[s+]1c2ccccc2c2ccccc21. The van der Waals surface area contributed by atoms with Gasteiger partial charge in [0.15, 0.2) is 10.1 Å². The lowest BCUT2D eigenvalue weighted by Gasteiger charge is -2.08. The molecule has 0 unspecified atom stereocenters. The molecule has 0 radical (unpaired) electrons. The van der Waals surface area contributed by atoms with Gasteiger partial charge < -0.3 is 4.55 Å². The molecule has 0 saturated heterocycles. The maximum atomic E-state index is 10.7. The van der Waals surface area contributed by atoms with Crippen molar-refractivity contribution in [1.82, 2.24) is 0 Å². The summed E-state index contributed by atoms with van der Waals surface area (Å²) in [5.41, 5.74) is -2.97. The van der Waals surface area contributed by atoms with Crippen LogP contribution in [-0.2, 0) is 20.8 Å². The Bertz CT molecular complexity index is 1620. The predicted octanol–water partition coefficient (Wildman–Crippen LogP) is 7.46. The van der Waals surface area contributed by atoms with Crippen molar-refractivity contribution >= 4 is 51.6 Å². The first kappa shape index (κ1) is 23.7. The first-order chi connectivity index (χ1) is 16.7. The van der Waals surface area contributed by atoms with Crippen molar-refractivity contribution in [2.75, 3.05) is 0 Å². The molecule has 178 valence electrons. The summed E-state index contributed by atoms with van der Waals surface area (Å²) in [7, 11) is -6.58. The number of hydrogen-bond donors (Lipinski definition) is 0. The molecule has 0 N–H and O–H groups in total. The molecule has 0 fully saturated rings. The standard InChI is InChI=1S/C24H16NS2.CHF3O3S/c1-5-13-21-17(9-1)18-10-2-6-14-22(18)26(21)25-27-23-15-7-3-11-19(23)20-12-4-8-16-24(20)27;2-1(3,4)8(5,6)7/h1-16H;(H,5,6,7)/q+1;/p-1. The fraction of sp³-hybridized carbons (Fsp3) is 0.0400. The van der Waals surface area contributed by atoms with E-state index in [-0.39, 0.29) is 21.3 Å². The normalized spacial score (nSPS) is 13.3. The van der Waals surface area contributed by atoms with Crippen LogP contribution in [-0.4, -0.2) is 18.5 Å². The minimum absolute atomic E-state index is 0.244. The molecule has 10 heteroatoms. The van der Waals surface area contributed by atoms with E-state index >= 15 is 0 Å². The minimum atomic E-state index is -6.09. The van der Waals surface area contributed by atoms with E-state index in [4.69, 9.17) is 16.7 Å². The zero-order valence-corrected chi connectivity index (χ0v) is 20.2. The monoisotopic (exact) mass is 531 g/mol. The zero-order chi connectivity index (χ0) is 24.8. The van der Waals surface area contributed by atoms with E-state index in [9.17, 15) is 13.2 Å². The van der Waals surface area contributed by atoms with E-state index in [1.807, 2.05) is 0 Å². The Balaban J connectivity index is 0.000000277. The summed E-state index contributed by atoms with van der Waals surface area (Å²) in [5.74, 6) is 0. The van der Waals surface area contributed by atoms with Crippen LogP contribution in [0.25, 0.3) is 31.3 Å². The van der Waals surface area contributed by atoms with Gasteiger partial charge in [0.2, 0.25) is 9.40 Å². The highest BCUT2D eigenvalue weighted by molar-refractivity contribution is 7.90. The Morgan fingerprint density at radius 2 is 1.06 bits per heavy atom. The summed E-state index contributed by atoms with van der Waals surface area (Å²) < 4.78 is 67.1. The van der Waals surface area contributed by atoms with Crippen molar-refractivity contribution in [1.29, 1.82) is 0 Å². The number of hydrogen-bond acceptors (Lipinski definition) is 4. The van der Waals surface area contributed by atoms with Crippen LogP contribution in [0.2, 0.25) is 0 Å². The molecule has 4 nitrogen and oxygen atoms in total. The molecule has 0 saturated carbocycles. The van der Waals surface area contributed by atoms with Gasteiger partial charge in [-0.05, 0) is 35.4 Å². The van der Waals surface area contributed by atoms with Crippen molar-refractivity contribution in [3.63, 3.8) is 0 Å². The van der Waals surface area contributed by atoms with E-state index in [2.05, 4.69) is 97.1 Å². The fourth-order valence-corrected chi connectivity index (χ4v) is 8.63. The van der Waals surface area contributed by atoms with Crippen molar-refractivity contribution in [3.8, 4) is 11.1 Å². The largest absolute Gasteiger partial charge is 0.741 e. The third-order valence-corrected chi connectivity index (χ3v) is 10.2. The Kier molecular flexibility index (Phi) is 6.00. The van der Waals surface area contributed by atoms with Crippen molar-refractivity contribution < 1.29 is 26.1 Å². The van der Waals surface area contributed by atoms with Gasteiger partial charge in [-0.1, -0.05) is 60.7 Å². The van der Waals surface area contributed by atoms with Crippen molar-refractivity contribution in [2.24, 2.45) is 3.77 Å². The van der Waals surface area contributed by atoms with Gasteiger partial charge in [0.05, 0.1) is 0 Å². The summed E-state index contributed by atoms with van der Waals surface area (Å²) in [6, 6.07) is 35.0. The Labute approximate surface area is 204 Å². The molecule has 0 bridgehead atoms. The van der Waals surface area contributed by atoms with Crippen LogP contribution >= 0.6 is 10.7 Å². The highest BCUT2D eigenvalue weighted by Gasteiger charge is 2.37. The Morgan fingerprint density at radius 1 is 0.686 bits per heavy atom. The van der Waals surface area contributed by atoms with Crippen LogP contribution in [0.3, 0.4) is 0 Å². The third-order valence-electron chi connectivity index (χ3n) is 5.39. The molecule has 1 aromatic heterocycles. The van der Waals surface area contributed by atoms with E-state index < -0.39 is 15.6 Å². The molecule has 2 heterocycles. The number of nitrogens with zero attached hydrogens (tertiary/aromatic N) is 1. The molecule has 1 aliphatic rings. The van der Waals surface area contributed by atoms with Crippen LogP contribution in [0.15, 0.2) is 111 Å². The summed E-state index contributed by atoms with van der Waals surface area (Å²) in [4.78, 5) is 2.71. The van der Waals surface area contributed by atoms with Gasteiger partial charge in [-0.15, -0.1) is 0 Å². The fourth-order valence-electron chi connectivity index (χ4n) is 3.90. The third kappa shape index (κ3) is 4.27. The minimum Gasteiger partial charge on any atom is -0.741 e. The summed E-state index contributed by atoms with van der Waals surface area (Å²) >= 11 is 0. The van der Waals surface area contributed by atoms with Crippen LogP contribution in [0, 0.1) is 0 Å². The maximum absolute atomic E-state index is 10.7. The van der Waals surface area contributed by atoms with Crippen molar-refractivity contribution in [3.05, 3.63) is 97.1 Å². The lowest BCUT2D eigenvalue weighted by atomic mass is 10.1. The number of thiophene rings is 1. The maximum Gasteiger partial charge on any atom is 0.485 e. The van der Waals surface area contributed by atoms with Gasteiger partial charge in [-0.3, -0.25) is 0 Å². The van der Waals surface area contributed by atoms with Gasteiger partial charge in [-0.2, -0.15) is 13.2 Å². The highest BCUT2D eigenvalue weighted by atomic mass is 32.2. The molecule has 0 atom stereocenters. The quantitative estimate of drug-likeness (QED) is 0.126. The molecule has 0 amide bonds. The van der Waals surface area contributed by atoms with Gasteiger partial charge in [0.25, 0.3) is 0 Å². The van der Waals surface area contributed by atoms with E-state index in [0.717, 1.165) is 0 Å². The smallest absolute Gasteiger partial charge is 0.485 e. The van der Waals surface area contributed by atoms with E-state index in [0.29, 0.717) is 0 Å². The summed E-state index contributed by atoms with van der Waals surface area (Å²) in [6.07, 6.45) is 0.